The lowest BCUT2D eigenvalue weighted by Gasteiger charge is -2.30. The number of nitrogens with one attached hydrogen (secondary N) is 1. The van der Waals surface area contributed by atoms with E-state index >= 15 is 0 Å². The van der Waals surface area contributed by atoms with Crippen LogP contribution in [0, 0.1) is 0 Å². The van der Waals surface area contributed by atoms with Crippen molar-refractivity contribution in [2.45, 2.75) is 25.3 Å². The Hall–Kier alpha value is -3.15. The van der Waals surface area contributed by atoms with Gasteiger partial charge in [0.05, 0.1) is 0 Å². The van der Waals surface area contributed by atoms with Gasteiger partial charge in [0.1, 0.15) is 12.1 Å². The number of nitrogens with zero attached hydrogens (tertiary/aromatic N) is 2. The highest BCUT2D eigenvalue weighted by molar-refractivity contribution is 6.10. The lowest BCUT2D eigenvalue weighted by atomic mass is 9.92. The Labute approximate surface area is 157 Å². The Balaban J connectivity index is 1.56. The fourth-order valence-electron chi connectivity index (χ4n) is 3.82. The number of amides is 4. The number of aryl methyl sites for hydroxylation is 1. The number of carbonyl (C=O) groups excluding carboxylic acids is 3. The summed E-state index contributed by atoms with van der Waals surface area (Å²) in [5.41, 5.74) is 1.52. The van der Waals surface area contributed by atoms with Crippen molar-refractivity contribution in [1.82, 2.24) is 10.2 Å². The van der Waals surface area contributed by atoms with Crippen molar-refractivity contribution in [1.29, 1.82) is 0 Å². The number of anilines is 1. The maximum Gasteiger partial charge on any atom is 0.325 e. The number of hydrogen-bond donors (Lipinski definition) is 1. The zero-order chi connectivity index (χ0) is 19.0. The molecule has 2 aliphatic heterocycles. The van der Waals surface area contributed by atoms with Crippen LogP contribution in [0.3, 0.4) is 0 Å². The minimum absolute atomic E-state index is 0.247. The number of rotatable bonds is 3. The fourth-order valence-corrected chi connectivity index (χ4v) is 3.82. The van der Waals surface area contributed by atoms with Gasteiger partial charge in [0.25, 0.3) is 5.91 Å². The smallest absolute Gasteiger partial charge is 0.319 e. The molecule has 2 heterocycles. The highest BCUT2D eigenvalue weighted by Gasteiger charge is 2.49. The molecule has 0 radical (unpaired) electrons. The van der Waals surface area contributed by atoms with E-state index in [0.29, 0.717) is 12.1 Å². The van der Waals surface area contributed by atoms with Gasteiger partial charge in [-0.25, -0.2) is 4.79 Å². The van der Waals surface area contributed by atoms with Gasteiger partial charge < -0.3 is 10.2 Å². The zero-order valence-corrected chi connectivity index (χ0v) is 15.1. The standard InChI is InChI=1S/C21H21N3O3/c1-21(16-10-3-2-4-11-16)19(26)24(20(27)22-21)14-18(25)23-13-7-9-15-8-5-6-12-17(15)23/h2-6,8,10-12H,7,9,13-14H2,1H3,(H,22,27)/t21-/m0/s1. The Bertz CT molecular complexity index is 912. The third kappa shape index (κ3) is 2.87. The molecule has 6 heteroatoms. The first-order chi connectivity index (χ1) is 13.0. The van der Waals surface area contributed by atoms with E-state index in [9.17, 15) is 14.4 Å². The molecule has 0 aliphatic carbocycles. The third-order valence-electron chi connectivity index (χ3n) is 5.33. The van der Waals surface area contributed by atoms with Gasteiger partial charge in [-0.2, -0.15) is 0 Å². The maximum absolute atomic E-state index is 13.0. The monoisotopic (exact) mass is 363 g/mol. The van der Waals surface area contributed by atoms with Crippen molar-refractivity contribution < 1.29 is 14.4 Å². The van der Waals surface area contributed by atoms with Crippen LogP contribution in [0.1, 0.15) is 24.5 Å². The summed E-state index contributed by atoms with van der Waals surface area (Å²) in [7, 11) is 0. The Kier molecular flexibility index (Phi) is 4.18. The summed E-state index contributed by atoms with van der Waals surface area (Å²) in [5.74, 6) is -0.652. The van der Waals surface area contributed by atoms with E-state index in [1.54, 1.807) is 24.0 Å². The van der Waals surface area contributed by atoms with Crippen LogP contribution >= 0.6 is 0 Å². The van der Waals surface area contributed by atoms with Gasteiger partial charge in [-0.3, -0.25) is 14.5 Å². The van der Waals surface area contributed by atoms with Crippen LogP contribution in [0.15, 0.2) is 54.6 Å². The minimum Gasteiger partial charge on any atom is -0.319 e. The molecule has 27 heavy (non-hydrogen) atoms. The normalized spacial score (nSPS) is 21.8. The molecule has 0 unspecified atom stereocenters. The lowest BCUT2D eigenvalue weighted by molar-refractivity contribution is -0.134. The van der Waals surface area contributed by atoms with E-state index < -0.39 is 17.5 Å². The molecule has 2 aliphatic rings. The predicted octanol–water partition coefficient (Wildman–Crippen LogP) is 2.43. The molecule has 4 amide bonds. The lowest BCUT2D eigenvalue weighted by Crippen LogP contribution is -2.46. The van der Waals surface area contributed by atoms with Crippen molar-refractivity contribution in [2.24, 2.45) is 0 Å². The van der Waals surface area contributed by atoms with Gasteiger partial charge in [-0.05, 0) is 37.0 Å². The first kappa shape index (κ1) is 17.3. The van der Waals surface area contributed by atoms with Crippen molar-refractivity contribution >= 4 is 23.5 Å². The summed E-state index contributed by atoms with van der Waals surface area (Å²) >= 11 is 0. The predicted molar refractivity (Wildman–Crippen MR) is 101 cm³/mol. The Morgan fingerprint density at radius 3 is 2.56 bits per heavy atom. The van der Waals surface area contributed by atoms with E-state index in [4.69, 9.17) is 0 Å². The molecule has 138 valence electrons. The molecule has 0 saturated carbocycles. The number of carbonyl (C=O) groups is 3. The van der Waals surface area contributed by atoms with Gasteiger partial charge in [0.2, 0.25) is 5.91 Å². The van der Waals surface area contributed by atoms with Gasteiger partial charge in [0, 0.05) is 12.2 Å². The summed E-state index contributed by atoms with van der Waals surface area (Å²) < 4.78 is 0. The number of para-hydroxylation sites is 1. The Morgan fingerprint density at radius 2 is 1.78 bits per heavy atom. The van der Waals surface area contributed by atoms with Gasteiger partial charge in [-0.15, -0.1) is 0 Å². The highest BCUT2D eigenvalue weighted by atomic mass is 16.2. The average Bonchev–Trinajstić information content (AvgIpc) is 2.92. The molecule has 0 spiro atoms. The molecule has 0 aromatic heterocycles. The summed E-state index contributed by atoms with van der Waals surface area (Å²) in [6.07, 6.45) is 1.79. The third-order valence-corrected chi connectivity index (χ3v) is 5.33. The summed E-state index contributed by atoms with van der Waals surface area (Å²) in [5, 5.41) is 2.74. The minimum atomic E-state index is -1.15. The zero-order valence-electron chi connectivity index (χ0n) is 15.1. The number of fused-ring (bicyclic) bond motifs is 1. The van der Waals surface area contributed by atoms with Crippen LogP contribution in [0.5, 0.6) is 0 Å². The molecule has 1 fully saturated rings. The van der Waals surface area contributed by atoms with Crippen LogP contribution in [0.4, 0.5) is 10.5 Å². The molecule has 0 bridgehead atoms. The van der Waals surface area contributed by atoms with E-state index in [1.165, 1.54) is 0 Å². The first-order valence-corrected chi connectivity index (χ1v) is 9.08. The summed E-state index contributed by atoms with van der Waals surface area (Å²) in [6.45, 7) is 2.00. The van der Waals surface area contributed by atoms with Gasteiger partial charge >= 0.3 is 6.03 Å². The number of benzene rings is 2. The van der Waals surface area contributed by atoms with Crippen LogP contribution < -0.4 is 10.2 Å². The van der Waals surface area contributed by atoms with Crippen molar-refractivity contribution in [3.63, 3.8) is 0 Å². The molecule has 1 saturated heterocycles. The maximum atomic E-state index is 13.0. The SMILES string of the molecule is C[C@@]1(c2ccccc2)NC(=O)N(CC(=O)N2CCCc3ccccc32)C1=O. The van der Waals surface area contributed by atoms with Crippen LogP contribution in [0.25, 0.3) is 0 Å². The first-order valence-electron chi connectivity index (χ1n) is 9.08. The van der Waals surface area contributed by atoms with E-state index in [0.717, 1.165) is 29.0 Å². The van der Waals surface area contributed by atoms with Gasteiger partial charge in [0.15, 0.2) is 0 Å². The van der Waals surface area contributed by atoms with Crippen LogP contribution in [-0.4, -0.2) is 35.8 Å². The second-order valence-corrected chi connectivity index (χ2v) is 7.09. The Morgan fingerprint density at radius 1 is 1.07 bits per heavy atom. The van der Waals surface area contributed by atoms with E-state index in [2.05, 4.69) is 5.32 Å². The van der Waals surface area contributed by atoms with Gasteiger partial charge in [-0.1, -0.05) is 48.5 Å². The number of imide groups is 1. The van der Waals surface area contributed by atoms with Crippen LogP contribution in [0.2, 0.25) is 0 Å². The second-order valence-electron chi connectivity index (χ2n) is 7.09. The topological polar surface area (TPSA) is 69.7 Å². The number of urea groups is 1. The van der Waals surface area contributed by atoms with Crippen LogP contribution in [-0.2, 0) is 21.5 Å². The second kappa shape index (κ2) is 6.54. The summed E-state index contributed by atoms with van der Waals surface area (Å²) in [4.78, 5) is 41.0. The molecule has 2 aromatic carbocycles. The molecule has 1 atom stereocenters. The molecule has 2 aromatic rings. The fraction of sp³-hybridized carbons (Fsp3) is 0.286. The van der Waals surface area contributed by atoms with E-state index in [-0.39, 0.29) is 12.5 Å². The molecule has 4 rings (SSSR count). The van der Waals surface area contributed by atoms with Crippen molar-refractivity contribution in [3.05, 3.63) is 65.7 Å². The van der Waals surface area contributed by atoms with Crippen molar-refractivity contribution in [3.8, 4) is 0 Å². The molecule has 1 N–H and O–H groups in total. The van der Waals surface area contributed by atoms with E-state index in [1.807, 2.05) is 42.5 Å². The quantitative estimate of drug-likeness (QED) is 0.852. The number of hydrogen-bond acceptors (Lipinski definition) is 3. The largest absolute Gasteiger partial charge is 0.325 e. The van der Waals surface area contributed by atoms with Crippen molar-refractivity contribution in [2.75, 3.05) is 18.0 Å². The molecular weight excluding hydrogens is 342 g/mol. The molecular formula is C21H21N3O3. The molecule has 6 nitrogen and oxygen atoms in total. The summed E-state index contributed by atoms with van der Waals surface area (Å²) in [6, 6.07) is 16.3. The average molecular weight is 363 g/mol. The highest BCUT2D eigenvalue weighted by Crippen LogP contribution is 2.30.